The molecule has 0 aliphatic heterocycles. The van der Waals surface area contributed by atoms with E-state index in [4.69, 9.17) is 0 Å². The average Bonchev–Trinajstić information content (AvgIpc) is 3.16. The van der Waals surface area contributed by atoms with Gasteiger partial charge in [0.15, 0.2) is 0 Å². The Morgan fingerprint density at radius 3 is 2.52 bits per heavy atom. The highest BCUT2D eigenvalue weighted by atomic mass is 16.3. The Hall–Kier alpha value is -3.32. The van der Waals surface area contributed by atoms with Crippen LogP contribution in [0.3, 0.4) is 0 Å². The van der Waals surface area contributed by atoms with Crippen molar-refractivity contribution in [1.82, 2.24) is 15.1 Å². The minimum atomic E-state index is -0.916. The number of hydrogen-bond acceptors (Lipinski definition) is 5. The first-order valence-electron chi connectivity index (χ1n) is 8.59. The number of nitrogens with one attached hydrogen (secondary N) is 1. The van der Waals surface area contributed by atoms with Crippen molar-refractivity contribution < 1.29 is 20.1 Å². The second-order valence-electron chi connectivity index (χ2n) is 6.17. The van der Waals surface area contributed by atoms with Crippen molar-refractivity contribution in [3.05, 3.63) is 65.9 Å². The average molecular weight is 367 g/mol. The molecule has 7 nitrogen and oxygen atoms in total. The summed E-state index contributed by atoms with van der Waals surface area (Å²) < 4.78 is 0. The molecule has 2 aromatic carbocycles. The van der Waals surface area contributed by atoms with Gasteiger partial charge in [-0.2, -0.15) is 5.10 Å². The van der Waals surface area contributed by atoms with E-state index in [-0.39, 0.29) is 24.0 Å². The smallest absolute Gasteiger partial charge is 0.271 e. The molecule has 4 N–H and O–H groups in total. The SMILES string of the molecule is CCN(C[C@H](O)c1cccc(O)c1)C(=O)c1cc(-c2ccc(O)cc2)n[nH]1. The molecule has 0 spiro atoms. The largest absolute Gasteiger partial charge is 0.508 e. The Morgan fingerprint density at radius 1 is 1.11 bits per heavy atom. The first-order valence-corrected chi connectivity index (χ1v) is 8.59. The number of carbonyl (C=O) groups excluding carboxylic acids is 1. The fourth-order valence-corrected chi connectivity index (χ4v) is 2.78. The summed E-state index contributed by atoms with van der Waals surface area (Å²) >= 11 is 0. The second kappa shape index (κ2) is 7.92. The molecule has 1 atom stereocenters. The van der Waals surface area contributed by atoms with Gasteiger partial charge in [0.2, 0.25) is 0 Å². The maximum atomic E-state index is 12.8. The molecule has 27 heavy (non-hydrogen) atoms. The van der Waals surface area contributed by atoms with Gasteiger partial charge >= 0.3 is 0 Å². The van der Waals surface area contributed by atoms with Gasteiger partial charge in [0, 0.05) is 12.1 Å². The molecule has 1 amide bonds. The lowest BCUT2D eigenvalue weighted by Gasteiger charge is -2.23. The highest BCUT2D eigenvalue weighted by Gasteiger charge is 2.21. The first-order chi connectivity index (χ1) is 13.0. The standard InChI is InChI=1S/C20H21N3O4/c1-2-23(12-19(26)14-4-3-5-16(25)10-14)20(27)18-11-17(21-22-18)13-6-8-15(24)9-7-13/h3-11,19,24-26H,2,12H2,1H3,(H,21,22)/t19-/m0/s1. The van der Waals surface area contributed by atoms with Gasteiger partial charge in [0.05, 0.1) is 18.3 Å². The lowest BCUT2D eigenvalue weighted by molar-refractivity contribution is 0.0629. The van der Waals surface area contributed by atoms with Crippen molar-refractivity contribution >= 4 is 5.91 Å². The van der Waals surface area contributed by atoms with Crippen molar-refractivity contribution in [1.29, 1.82) is 0 Å². The van der Waals surface area contributed by atoms with Crippen LogP contribution in [0.5, 0.6) is 11.5 Å². The van der Waals surface area contributed by atoms with Crippen LogP contribution in [0.1, 0.15) is 29.1 Å². The van der Waals surface area contributed by atoms with E-state index in [1.165, 1.54) is 17.0 Å². The van der Waals surface area contributed by atoms with Gasteiger partial charge in [0.1, 0.15) is 17.2 Å². The molecule has 0 saturated heterocycles. The molecule has 0 aliphatic carbocycles. The lowest BCUT2D eigenvalue weighted by Crippen LogP contribution is -2.34. The zero-order valence-corrected chi connectivity index (χ0v) is 14.8. The third-order valence-corrected chi connectivity index (χ3v) is 4.29. The summed E-state index contributed by atoms with van der Waals surface area (Å²) in [6.45, 7) is 2.32. The van der Waals surface area contributed by atoms with Gasteiger partial charge in [-0.05, 0) is 55.0 Å². The fourth-order valence-electron chi connectivity index (χ4n) is 2.78. The van der Waals surface area contributed by atoms with Gasteiger partial charge in [-0.15, -0.1) is 0 Å². The minimum Gasteiger partial charge on any atom is -0.508 e. The van der Waals surface area contributed by atoms with E-state index in [0.717, 1.165) is 5.56 Å². The molecule has 0 saturated carbocycles. The zero-order chi connectivity index (χ0) is 19.4. The van der Waals surface area contributed by atoms with Crippen LogP contribution < -0.4 is 0 Å². The monoisotopic (exact) mass is 367 g/mol. The Morgan fingerprint density at radius 2 is 1.85 bits per heavy atom. The number of aliphatic hydroxyl groups excluding tert-OH is 1. The molecule has 140 valence electrons. The highest BCUT2D eigenvalue weighted by Crippen LogP contribution is 2.22. The summed E-state index contributed by atoms with van der Waals surface area (Å²) in [5, 5.41) is 36.2. The predicted octanol–water partition coefficient (Wildman–Crippen LogP) is 2.68. The molecule has 0 radical (unpaired) electrons. The van der Waals surface area contributed by atoms with E-state index in [9.17, 15) is 20.1 Å². The molecule has 0 fully saturated rings. The minimum absolute atomic E-state index is 0.0630. The molecule has 1 heterocycles. The predicted molar refractivity (Wildman–Crippen MR) is 100 cm³/mol. The molecule has 7 heteroatoms. The summed E-state index contributed by atoms with van der Waals surface area (Å²) in [4.78, 5) is 14.3. The molecule has 0 aliphatic rings. The topological polar surface area (TPSA) is 110 Å². The number of benzene rings is 2. The maximum Gasteiger partial charge on any atom is 0.271 e. The molecular weight excluding hydrogens is 346 g/mol. The van der Waals surface area contributed by atoms with Gasteiger partial charge in [-0.1, -0.05) is 12.1 Å². The van der Waals surface area contributed by atoms with Crippen molar-refractivity contribution in [3.8, 4) is 22.8 Å². The Labute approximate surface area is 156 Å². The van der Waals surface area contributed by atoms with Crippen molar-refractivity contribution in [2.24, 2.45) is 0 Å². The van der Waals surface area contributed by atoms with Crippen molar-refractivity contribution in [3.63, 3.8) is 0 Å². The number of aromatic amines is 1. The van der Waals surface area contributed by atoms with E-state index in [2.05, 4.69) is 10.2 Å². The normalized spacial score (nSPS) is 11.9. The van der Waals surface area contributed by atoms with Crippen LogP contribution in [-0.2, 0) is 0 Å². The van der Waals surface area contributed by atoms with Crippen molar-refractivity contribution in [2.45, 2.75) is 13.0 Å². The van der Waals surface area contributed by atoms with E-state index in [1.54, 1.807) is 42.5 Å². The van der Waals surface area contributed by atoms with Crippen LogP contribution in [0.15, 0.2) is 54.6 Å². The number of carbonyl (C=O) groups is 1. The summed E-state index contributed by atoms with van der Waals surface area (Å²) in [6, 6.07) is 14.5. The highest BCUT2D eigenvalue weighted by molar-refractivity contribution is 5.93. The van der Waals surface area contributed by atoms with Crippen LogP contribution in [0.2, 0.25) is 0 Å². The number of likely N-dealkylation sites (N-methyl/N-ethyl adjacent to an activating group) is 1. The second-order valence-corrected chi connectivity index (χ2v) is 6.17. The first kappa shape index (κ1) is 18.5. The number of rotatable bonds is 6. The third-order valence-electron chi connectivity index (χ3n) is 4.29. The Kier molecular flexibility index (Phi) is 5.42. The lowest BCUT2D eigenvalue weighted by atomic mass is 10.1. The molecule has 3 aromatic rings. The molecule has 3 rings (SSSR count). The fraction of sp³-hybridized carbons (Fsp3) is 0.200. The van der Waals surface area contributed by atoms with Crippen LogP contribution in [0.4, 0.5) is 0 Å². The number of aromatic nitrogens is 2. The summed E-state index contributed by atoms with van der Waals surface area (Å²) in [7, 11) is 0. The van der Waals surface area contributed by atoms with Gasteiger partial charge < -0.3 is 20.2 Å². The van der Waals surface area contributed by atoms with Gasteiger partial charge in [0.25, 0.3) is 5.91 Å². The number of amides is 1. The maximum absolute atomic E-state index is 12.8. The summed E-state index contributed by atoms with van der Waals surface area (Å²) in [5.74, 6) is -0.0639. The van der Waals surface area contributed by atoms with Crippen LogP contribution in [-0.4, -0.2) is 49.4 Å². The van der Waals surface area contributed by atoms with E-state index >= 15 is 0 Å². The van der Waals surface area contributed by atoms with Gasteiger partial charge in [-0.25, -0.2) is 0 Å². The quantitative estimate of drug-likeness (QED) is 0.535. The molecule has 0 bridgehead atoms. The van der Waals surface area contributed by atoms with E-state index < -0.39 is 6.10 Å². The third kappa shape index (κ3) is 4.27. The van der Waals surface area contributed by atoms with Crippen molar-refractivity contribution in [2.75, 3.05) is 13.1 Å². The van der Waals surface area contributed by atoms with Crippen LogP contribution in [0.25, 0.3) is 11.3 Å². The number of phenols is 2. The zero-order valence-electron chi connectivity index (χ0n) is 14.8. The molecule has 1 aromatic heterocycles. The van der Waals surface area contributed by atoms with Crippen LogP contribution in [0, 0.1) is 0 Å². The Bertz CT molecular complexity index is 921. The number of phenolic OH excluding ortho intramolecular Hbond substituents is 2. The molecule has 0 unspecified atom stereocenters. The van der Waals surface area contributed by atoms with Crippen LogP contribution >= 0.6 is 0 Å². The Balaban J connectivity index is 1.74. The van der Waals surface area contributed by atoms with E-state index in [1.807, 2.05) is 6.92 Å². The van der Waals surface area contributed by atoms with E-state index in [0.29, 0.717) is 23.5 Å². The molecular formula is C20H21N3O4. The number of nitrogens with zero attached hydrogens (tertiary/aromatic N) is 2. The summed E-state index contributed by atoms with van der Waals surface area (Å²) in [5.41, 5.74) is 2.20. The number of H-pyrrole nitrogens is 1. The van der Waals surface area contributed by atoms with Gasteiger partial charge in [-0.3, -0.25) is 9.89 Å². The number of hydrogen-bond donors (Lipinski definition) is 4. The number of aromatic hydroxyl groups is 2. The summed E-state index contributed by atoms with van der Waals surface area (Å²) in [6.07, 6.45) is -0.916. The number of aliphatic hydroxyl groups is 1.